The number of aliphatic hydroxyl groups is 4. The Hall–Kier alpha value is 1.12. The van der Waals surface area contributed by atoms with Crippen molar-refractivity contribution in [1.82, 2.24) is 0 Å². The Morgan fingerprint density at radius 3 is 2.41 bits per heavy atom. The number of hydrogen-bond acceptors (Lipinski definition) is 12. The Bertz CT molecular complexity index is 645. The van der Waals surface area contributed by atoms with Gasteiger partial charge in [-0.2, -0.15) is 8.42 Å². The predicted octanol–water partition coefficient (Wildman–Crippen LogP) is -7.03. The van der Waals surface area contributed by atoms with Gasteiger partial charge in [-0.15, -0.1) is 12.6 Å². The van der Waals surface area contributed by atoms with Crippen molar-refractivity contribution < 1.29 is 103 Å². The fourth-order valence-electron chi connectivity index (χ4n) is 2.41. The average molecular weight is 478 g/mol. The van der Waals surface area contributed by atoms with Crippen molar-refractivity contribution in [1.29, 1.82) is 0 Å². The van der Waals surface area contributed by atoms with Crippen LogP contribution in [0.4, 0.5) is 0 Å². The fourth-order valence-corrected chi connectivity index (χ4v) is 3.67. The van der Waals surface area contributed by atoms with Crippen LogP contribution in [0.1, 0.15) is 6.42 Å². The number of rotatable bonds is 8. The summed E-state index contributed by atoms with van der Waals surface area (Å²) in [5.74, 6) is -3.09. The van der Waals surface area contributed by atoms with E-state index in [1.165, 1.54) is 6.26 Å². The minimum Gasteiger partial charge on any atom is -0.859 e. The summed E-state index contributed by atoms with van der Waals surface area (Å²) in [6.45, 7) is -0.799. The zero-order valence-electron chi connectivity index (χ0n) is 14.4. The second-order valence-electron chi connectivity index (χ2n) is 5.57. The fraction of sp³-hybridized carbons (Fsp3) is 0.909. The summed E-state index contributed by atoms with van der Waals surface area (Å²) in [5.41, 5.74) is 0. The molecule has 1 aliphatic rings. The molecule has 27 heavy (non-hydrogen) atoms. The third-order valence-electron chi connectivity index (χ3n) is 3.71. The number of oxime groups is 1. The summed E-state index contributed by atoms with van der Waals surface area (Å²) in [6.07, 6.45) is -5.96. The molecule has 1 heterocycles. The quantitative estimate of drug-likeness (QED) is 0.0483. The molecule has 12 nitrogen and oxygen atoms in total. The Morgan fingerprint density at radius 2 is 1.96 bits per heavy atom. The van der Waals surface area contributed by atoms with Crippen LogP contribution >= 0.6 is 12.6 Å². The van der Waals surface area contributed by atoms with E-state index in [1.807, 2.05) is 0 Å². The van der Waals surface area contributed by atoms with Crippen LogP contribution in [-0.2, 0) is 30.2 Å². The number of hydrogen-bond donors (Lipinski definition) is 6. The molecule has 0 radical (unpaired) electrons. The maximum Gasteiger partial charge on any atom is 1.00 e. The van der Waals surface area contributed by atoms with Gasteiger partial charge in [-0.25, -0.2) is 4.28 Å². The van der Waals surface area contributed by atoms with Gasteiger partial charge in [-0.3, -0.25) is 8.76 Å². The van der Waals surface area contributed by atoms with Gasteiger partial charge < -0.3 is 30.3 Å². The Balaban J connectivity index is 0.00000676. The van der Waals surface area contributed by atoms with E-state index in [-0.39, 0.29) is 63.6 Å². The Kier molecular flexibility index (Phi) is 12.0. The summed E-state index contributed by atoms with van der Waals surface area (Å²) in [4.78, 5) is -2.24. The van der Waals surface area contributed by atoms with Gasteiger partial charge in [0.2, 0.25) is 0 Å². The van der Waals surface area contributed by atoms with Crippen molar-refractivity contribution in [3.05, 3.63) is 0 Å². The van der Waals surface area contributed by atoms with Gasteiger partial charge in [-0.1, -0.05) is 5.16 Å². The molecule has 0 amide bonds. The first-order valence-corrected chi connectivity index (χ1v) is 10.6. The summed E-state index contributed by atoms with van der Waals surface area (Å²) in [5, 5.41) is 54.1. The van der Waals surface area contributed by atoms with Crippen LogP contribution in [0.15, 0.2) is 5.16 Å². The van der Waals surface area contributed by atoms with Crippen LogP contribution in [0.2, 0.25) is 0 Å². The largest absolute Gasteiger partial charge is 1.00 e. The maximum atomic E-state index is 12.2. The smallest absolute Gasteiger partial charge is 0.859 e. The van der Waals surface area contributed by atoms with Gasteiger partial charge in [-0.05, 0) is 6.42 Å². The van der Waals surface area contributed by atoms with E-state index in [0.29, 0.717) is 0 Å². The molecule has 16 heteroatoms. The van der Waals surface area contributed by atoms with E-state index >= 15 is 0 Å². The van der Waals surface area contributed by atoms with Crippen molar-refractivity contribution in [2.75, 3.05) is 18.6 Å². The minimum absolute atomic E-state index is 0. The molecule has 7 atom stereocenters. The number of nitrogens with zero attached hydrogens (tertiary/aromatic N) is 1. The minimum atomic E-state index is -5.09. The Labute approximate surface area is 206 Å². The second-order valence-corrected chi connectivity index (χ2v) is 8.83. The number of thiol groups is 1. The number of aliphatic hydroxyl groups excluding tert-OH is 4. The zero-order chi connectivity index (χ0) is 20.3. The third kappa shape index (κ3) is 7.71. The summed E-state index contributed by atoms with van der Waals surface area (Å²) in [6, 6.07) is 0. The van der Waals surface area contributed by atoms with E-state index in [4.69, 9.17) is 9.29 Å². The van der Waals surface area contributed by atoms with Crippen LogP contribution in [0, 0.1) is 5.92 Å². The van der Waals surface area contributed by atoms with Gasteiger partial charge >= 0.3 is 61.8 Å². The first-order chi connectivity index (χ1) is 11.8. The molecule has 2 unspecified atom stereocenters. The molecule has 1 aliphatic heterocycles. The third-order valence-corrected chi connectivity index (χ3v) is 5.47. The maximum absolute atomic E-state index is 12.2. The van der Waals surface area contributed by atoms with Crippen LogP contribution in [-0.4, -0.2) is 91.5 Å². The SMILES string of the molecule is CS(=O)CCC(/C([O-])=N/OS(=O)(=O)O)[C@@]1(S)O[C@H](CO)[C@@H](O)[C@H](O)[C@H]1O.[K+]. The van der Waals surface area contributed by atoms with Gasteiger partial charge in [0.1, 0.15) is 29.3 Å². The summed E-state index contributed by atoms with van der Waals surface area (Å²) >= 11 is 4.06. The molecule has 0 aromatic carbocycles. The first-order valence-electron chi connectivity index (χ1n) is 7.09. The molecule has 0 bridgehead atoms. The summed E-state index contributed by atoms with van der Waals surface area (Å²) < 4.78 is 49.9. The van der Waals surface area contributed by atoms with E-state index in [0.717, 1.165) is 0 Å². The van der Waals surface area contributed by atoms with Gasteiger partial charge in [0, 0.05) is 34.6 Å². The van der Waals surface area contributed by atoms with Crippen LogP contribution < -0.4 is 56.5 Å². The van der Waals surface area contributed by atoms with Crippen LogP contribution in [0.3, 0.4) is 0 Å². The molecule has 154 valence electrons. The molecule has 1 saturated heterocycles. The van der Waals surface area contributed by atoms with Crippen molar-refractivity contribution in [3.63, 3.8) is 0 Å². The second kappa shape index (κ2) is 11.5. The average Bonchev–Trinajstić information content (AvgIpc) is 2.53. The predicted molar refractivity (Wildman–Crippen MR) is 88.8 cm³/mol. The van der Waals surface area contributed by atoms with E-state index < -0.39 is 69.0 Å². The molecule has 0 aromatic rings. The van der Waals surface area contributed by atoms with E-state index in [2.05, 4.69) is 22.1 Å². The molecule has 5 N–H and O–H groups in total. The van der Waals surface area contributed by atoms with E-state index in [1.54, 1.807) is 0 Å². The molecule has 1 fully saturated rings. The van der Waals surface area contributed by atoms with Gasteiger partial charge in [0.25, 0.3) is 0 Å². The zero-order valence-corrected chi connectivity index (χ0v) is 20.1. The monoisotopic (exact) mass is 477 g/mol. The number of ether oxygens (including phenoxy) is 1. The van der Waals surface area contributed by atoms with Crippen molar-refractivity contribution in [2.24, 2.45) is 11.1 Å². The van der Waals surface area contributed by atoms with Crippen molar-refractivity contribution in [2.45, 2.75) is 35.8 Å². The van der Waals surface area contributed by atoms with Crippen molar-refractivity contribution in [3.8, 4) is 0 Å². The molecule has 0 aromatic heterocycles. The topological polar surface area (TPSA) is 206 Å². The molecule has 0 aliphatic carbocycles. The molecule has 0 spiro atoms. The normalized spacial score (nSPS) is 34.4. The van der Waals surface area contributed by atoms with Crippen molar-refractivity contribution >= 4 is 39.7 Å². The van der Waals surface area contributed by atoms with Crippen LogP contribution in [0.25, 0.3) is 0 Å². The van der Waals surface area contributed by atoms with Gasteiger partial charge in [0.15, 0.2) is 0 Å². The molecule has 1 rings (SSSR count). The van der Waals surface area contributed by atoms with Crippen LogP contribution in [0.5, 0.6) is 0 Å². The molecule has 0 saturated carbocycles. The molecular weight excluding hydrogens is 457 g/mol. The Morgan fingerprint density at radius 1 is 1.41 bits per heavy atom. The first kappa shape index (κ1) is 28.1. The van der Waals surface area contributed by atoms with Gasteiger partial charge in [0.05, 0.1) is 6.61 Å². The van der Waals surface area contributed by atoms with E-state index in [9.17, 15) is 38.2 Å². The summed E-state index contributed by atoms with van der Waals surface area (Å²) in [7, 11) is -6.51. The molecular formula is C11H20KNO11S3. The standard InChI is InChI=1S/C11H21NO11S3.K/c1-25(18)3-2-5(10(17)12-23-26(19,20)21)11(24)9(16)8(15)7(14)6(4-13)22-11;/h5-9,13-16,24H,2-4H2,1H3,(H,12,17)(H,19,20,21);/q;+1/p-1/t5?,6-,7-,8+,9-,11+,25?;/m1./s1.